The van der Waals surface area contributed by atoms with Gasteiger partial charge in [-0.25, -0.2) is 4.79 Å². The molecule has 1 atom stereocenters. The van der Waals surface area contributed by atoms with E-state index < -0.39 is 5.97 Å². The lowest BCUT2D eigenvalue weighted by molar-refractivity contribution is -0.137. The third-order valence-corrected chi connectivity index (χ3v) is 2.58. The summed E-state index contributed by atoms with van der Waals surface area (Å²) >= 11 is 0. The Morgan fingerprint density at radius 2 is 1.88 bits per heavy atom. The Hall–Kier alpha value is -1.26. The number of carbonyl (C=O) groups is 2. The Labute approximate surface area is 96.6 Å². The summed E-state index contributed by atoms with van der Waals surface area (Å²) < 4.78 is 0. The van der Waals surface area contributed by atoms with Crippen LogP contribution < -0.4 is 10.6 Å². The molecule has 16 heavy (non-hydrogen) atoms. The lowest BCUT2D eigenvalue weighted by Crippen LogP contribution is -2.50. The van der Waals surface area contributed by atoms with Crippen molar-refractivity contribution in [3.63, 3.8) is 0 Å². The molecule has 0 aromatic carbocycles. The Morgan fingerprint density at radius 3 is 2.25 bits per heavy atom. The smallest absolute Gasteiger partial charge is 0.315 e. The maximum atomic E-state index is 11.6. The van der Waals surface area contributed by atoms with Gasteiger partial charge in [-0.1, -0.05) is 13.8 Å². The Morgan fingerprint density at radius 1 is 1.31 bits per heavy atom. The van der Waals surface area contributed by atoms with E-state index in [1.165, 1.54) is 0 Å². The van der Waals surface area contributed by atoms with Gasteiger partial charge in [0.1, 0.15) is 0 Å². The first-order valence-corrected chi connectivity index (χ1v) is 5.61. The van der Waals surface area contributed by atoms with Crippen LogP contribution in [0.15, 0.2) is 0 Å². The van der Waals surface area contributed by atoms with Gasteiger partial charge in [0.15, 0.2) is 0 Å². The van der Waals surface area contributed by atoms with E-state index in [1.54, 1.807) is 0 Å². The molecular weight excluding hydrogens is 208 g/mol. The number of urea groups is 1. The highest BCUT2D eigenvalue weighted by Crippen LogP contribution is 2.06. The molecule has 5 nitrogen and oxygen atoms in total. The summed E-state index contributed by atoms with van der Waals surface area (Å²) in [5, 5.41) is 14.1. The second-order valence-electron chi connectivity index (χ2n) is 4.54. The lowest BCUT2D eigenvalue weighted by Gasteiger charge is -2.26. The van der Waals surface area contributed by atoms with Crippen LogP contribution in [-0.2, 0) is 4.79 Å². The molecule has 0 spiro atoms. The molecule has 0 saturated heterocycles. The molecule has 2 amide bonds. The zero-order valence-electron chi connectivity index (χ0n) is 10.5. The molecule has 0 fully saturated rings. The third kappa shape index (κ3) is 6.27. The molecule has 0 rings (SSSR count). The fraction of sp³-hybridized carbons (Fsp3) is 0.818. The maximum Gasteiger partial charge on any atom is 0.315 e. The van der Waals surface area contributed by atoms with Crippen LogP contribution >= 0.6 is 0 Å². The molecule has 5 heteroatoms. The number of carboxylic acid groups (broad SMARTS) is 1. The van der Waals surface area contributed by atoms with E-state index >= 15 is 0 Å². The third-order valence-electron chi connectivity index (χ3n) is 2.58. The molecule has 0 bridgehead atoms. The molecule has 0 heterocycles. The summed E-state index contributed by atoms with van der Waals surface area (Å²) in [5.41, 5.74) is -0.272. The normalized spacial score (nSPS) is 13.0. The first kappa shape index (κ1) is 14.7. The van der Waals surface area contributed by atoms with E-state index in [2.05, 4.69) is 10.6 Å². The summed E-state index contributed by atoms with van der Waals surface area (Å²) in [7, 11) is 0. The largest absolute Gasteiger partial charge is 0.481 e. The number of hydrogen-bond acceptors (Lipinski definition) is 2. The standard InChI is InChI=1S/C11H22N2O3/c1-5-8(7-9(14)15)12-10(16)13-11(3,4)6-2/h8H,5-7H2,1-4H3,(H,14,15)(H2,12,13,16). The molecule has 94 valence electrons. The minimum atomic E-state index is -0.901. The summed E-state index contributed by atoms with van der Waals surface area (Å²) in [5.74, 6) is -0.901. The fourth-order valence-corrected chi connectivity index (χ4v) is 1.13. The zero-order valence-corrected chi connectivity index (χ0v) is 10.5. The van der Waals surface area contributed by atoms with E-state index in [1.807, 2.05) is 27.7 Å². The first-order valence-electron chi connectivity index (χ1n) is 5.61. The quantitative estimate of drug-likeness (QED) is 0.650. The van der Waals surface area contributed by atoms with Gasteiger partial charge < -0.3 is 15.7 Å². The van der Waals surface area contributed by atoms with Crippen LogP contribution in [0.2, 0.25) is 0 Å². The van der Waals surface area contributed by atoms with Gasteiger partial charge in [-0.3, -0.25) is 4.79 Å². The maximum absolute atomic E-state index is 11.6. The molecule has 0 aliphatic rings. The number of hydrogen-bond donors (Lipinski definition) is 3. The van der Waals surface area contributed by atoms with Crippen molar-refractivity contribution in [2.45, 2.75) is 58.5 Å². The number of amides is 2. The van der Waals surface area contributed by atoms with Gasteiger partial charge in [-0.15, -0.1) is 0 Å². The van der Waals surface area contributed by atoms with Crippen molar-refractivity contribution in [2.24, 2.45) is 0 Å². The minimum Gasteiger partial charge on any atom is -0.481 e. The van der Waals surface area contributed by atoms with Crippen LogP contribution in [0, 0.1) is 0 Å². The van der Waals surface area contributed by atoms with Crippen molar-refractivity contribution in [2.75, 3.05) is 0 Å². The van der Waals surface area contributed by atoms with Gasteiger partial charge in [-0.05, 0) is 26.7 Å². The lowest BCUT2D eigenvalue weighted by atomic mass is 10.0. The first-order chi connectivity index (χ1) is 7.30. The number of carbonyl (C=O) groups excluding carboxylic acids is 1. The van der Waals surface area contributed by atoms with Crippen LogP contribution in [0.25, 0.3) is 0 Å². The molecule has 3 N–H and O–H groups in total. The minimum absolute atomic E-state index is 0.0452. The summed E-state index contributed by atoms with van der Waals surface area (Å²) in [6.45, 7) is 7.67. The Bertz CT molecular complexity index is 252. The summed E-state index contributed by atoms with van der Waals surface area (Å²) in [4.78, 5) is 22.1. The Balaban J connectivity index is 4.16. The van der Waals surface area contributed by atoms with Crippen LogP contribution in [0.5, 0.6) is 0 Å². The summed E-state index contributed by atoms with van der Waals surface area (Å²) in [6, 6.07) is -0.620. The highest BCUT2D eigenvalue weighted by Gasteiger charge is 2.20. The van der Waals surface area contributed by atoms with Crippen molar-refractivity contribution >= 4 is 12.0 Å². The average molecular weight is 230 g/mol. The molecule has 0 aromatic heterocycles. The topological polar surface area (TPSA) is 78.4 Å². The van der Waals surface area contributed by atoms with Gasteiger partial charge >= 0.3 is 12.0 Å². The number of carboxylic acids is 1. The highest BCUT2D eigenvalue weighted by molar-refractivity contribution is 5.76. The van der Waals surface area contributed by atoms with Gasteiger partial charge in [0.05, 0.1) is 6.42 Å². The van der Waals surface area contributed by atoms with Gasteiger partial charge in [0.25, 0.3) is 0 Å². The number of nitrogens with one attached hydrogen (secondary N) is 2. The number of aliphatic carboxylic acids is 1. The monoisotopic (exact) mass is 230 g/mol. The van der Waals surface area contributed by atoms with E-state index in [9.17, 15) is 9.59 Å². The van der Waals surface area contributed by atoms with Crippen molar-refractivity contribution in [1.29, 1.82) is 0 Å². The van der Waals surface area contributed by atoms with Crippen molar-refractivity contribution in [1.82, 2.24) is 10.6 Å². The van der Waals surface area contributed by atoms with Gasteiger partial charge in [0.2, 0.25) is 0 Å². The SMILES string of the molecule is CCC(CC(=O)O)NC(=O)NC(C)(C)CC. The summed E-state index contributed by atoms with van der Waals surface area (Å²) in [6.07, 6.45) is 1.37. The van der Waals surface area contributed by atoms with Crippen LogP contribution in [0.4, 0.5) is 4.79 Å². The Kier molecular flexibility index (Phi) is 5.85. The zero-order chi connectivity index (χ0) is 12.8. The molecule has 0 radical (unpaired) electrons. The van der Waals surface area contributed by atoms with Gasteiger partial charge in [0, 0.05) is 11.6 Å². The van der Waals surface area contributed by atoms with E-state index in [0.717, 1.165) is 6.42 Å². The van der Waals surface area contributed by atoms with Crippen LogP contribution in [0.3, 0.4) is 0 Å². The van der Waals surface area contributed by atoms with Crippen LogP contribution in [-0.4, -0.2) is 28.7 Å². The van der Waals surface area contributed by atoms with Crippen LogP contribution in [0.1, 0.15) is 47.0 Å². The number of rotatable bonds is 6. The van der Waals surface area contributed by atoms with E-state index in [-0.39, 0.29) is 24.0 Å². The predicted octanol–water partition coefficient (Wildman–Crippen LogP) is 1.73. The average Bonchev–Trinajstić information content (AvgIpc) is 2.15. The van der Waals surface area contributed by atoms with Crippen molar-refractivity contribution < 1.29 is 14.7 Å². The second-order valence-corrected chi connectivity index (χ2v) is 4.54. The predicted molar refractivity (Wildman–Crippen MR) is 62.4 cm³/mol. The fourth-order valence-electron chi connectivity index (χ4n) is 1.13. The molecule has 0 aromatic rings. The highest BCUT2D eigenvalue weighted by atomic mass is 16.4. The van der Waals surface area contributed by atoms with Crippen molar-refractivity contribution in [3.8, 4) is 0 Å². The van der Waals surface area contributed by atoms with Crippen molar-refractivity contribution in [3.05, 3.63) is 0 Å². The van der Waals surface area contributed by atoms with Gasteiger partial charge in [-0.2, -0.15) is 0 Å². The molecular formula is C11H22N2O3. The molecule has 0 saturated carbocycles. The molecule has 1 unspecified atom stereocenters. The second kappa shape index (κ2) is 6.35. The molecule has 0 aliphatic carbocycles. The molecule has 0 aliphatic heterocycles. The van der Waals surface area contributed by atoms with E-state index in [4.69, 9.17) is 5.11 Å². The van der Waals surface area contributed by atoms with E-state index in [0.29, 0.717) is 6.42 Å².